The summed E-state index contributed by atoms with van der Waals surface area (Å²) in [5, 5.41) is 5.38. The summed E-state index contributed by atoms with van der Waals surface area (Å²) in [6.07, 6.45) is -4.63. The number of rotatable bonds is 8. The summed E-state index contributed by atoms with van der Waals surface area (Å²) >= 11 is 0. The van der Waals surface area contributed by atoms with E-state index < -0.39 is 67.2 Å². The molecule has 0 bridgehead atoms. The Kier molecular flexibility index (Phi) is 10.2. The van der Waals surface area contributed by atoms with Crippen LogP contribution < -0.4 is 10.6 Å². The topological polar surface area (TPSA) is 156 Å². The van der Waals surface area contributed by atoms with E-state index in [9.17, 15) is 24.0 Å². The van der Waals surface area contributed by atoms with Crippen molar-refractivity contribution in [2.45, 2.75) is 78.6 Å². The molecule has 36 heavy (non-hydrogen) atoms. The molecule has 5 atom stereocenters. The molecule has 1 fully saturated rings. The van der Waals surface area contributed by atoms with Gasteiger partial charge in [0.25, 0.3) is 0 Å². The Hall–Kier alpha value is -3.67. The molecule has 1 saturated heterocycles. The largest absolute Gasteiger partial charge is 0.463 e. The van der Waals surface area contributed by atoms with E-state index in [1.807, 2.05) is 32.0 Å². The van der Waals surface area contributed by atoms with Gasteiger partial charge >= 0.3 is 29.9 Å². The Balaban J connectivity index is 2.43. The molecule has 1 heterocycles. The Morgan fingerprint density at radius 1 is 0.889 bits per heavy atom. The zero-order chi connectivity index (χ0) is 27.0. The Bertz CT molecular complexity index is 995. The fraction of sp³-hybridized carbons (Fsp3) is 0.542. The molecular formula is C24H32N2O10. The Morgan fingerprint density at radius 2 is 1.50 bits per heavy atom. The van der Waals surface area contributed by atoms with E-state index in [0.29, 0.717) is 12.1 Å². The predicted molar refractivity (Wildman–Crippen MR) is 125 cm³/mol. The number of urea groups is 1. The minimum absolute atomic E-state index is 0.398. The summed E-state index contributed by atoms with van der Waals surface area (Å²) < 4.78 is 26.8. The van der Waals surface area contributed by atoms with E-state index in [1.165, 1.54) is 6.92 Å². The molecule has 12 nitrogen and oxygen atoms in total. The molecule has 198 valence electrons. The number of amides is 2. The molecule has 2 rings (SSSR count). The van der Waals surface area contributed by atoms with Crippen LogP contribution in [0.15, 0.2) is 18.2 Å². The van der Waals surface area contributed by atoms with E-state index >= 15 is 0 Å². The third-order valence-electron chi connectivity index (χ3n) is 5.26. The number of carbonyl (C=O) groups is 5. The highest BCUT2D eigenvalue weighted by atomic mass is 16.7. The average Bonchev–Trinajstić information content (AvgIpc) is 2.76. The third-order valence-corrected chi connectivity index (χ3v) is 5.26. The average molecular weight is 509 g/mol. The van der Waals surface area contributed by atoms with Crippen molar-refractivity contribution < 1.29 is 47.7 Å². The first kappa shape index (κ1) is 28.6. The van der Waals surface area contributed by atoms with Gasteiger partial charge in [-0.15, -0.1) is 0 Å². The molecule has 1 aliphatic rings. The highest BCUT2D eigenvalue weighted by Gasteiger charge is 2.52. The first-order valence-electron chi connectivity index (χ1n) is 11.4. The minimum Gasteiger partial charge on any atom is -0.463 e. The first-order valence-corrected chi connectivity index (χ1v) is 11.4. The van der Waals surface area contributed by atoms with Crippen molar-refractivity contribution in [3.05, 3.63) is 29.3 Å². The van der Waals surface area contributed by atoms with E-state index in [-0.39, 0.29) is 0 Å². The SMILES string of the molecule is CCc1cccc(C)c1NC(=O)N[C@H]1[C@H](OC(C)=O)O[C@H](COC(C)=O)[C@@H](OC(C)=O)[C@@H]1OC(C)=O. The molecule has 2 amide bonds. The molecule has 0 saturated carbocycles. The molecule has 1 aliphatic heterocycles. The van der Waals surface area contributed by atoms with Crippen LogP contribution in [0.3, 0.4) is 0 Å². The van der Waals surface area contributed by atoms with Crippen LogP contribution in [-0.4, -0.2) is 67.2 Å². The lowest BCUT2D eigenvalue weighted by Gasteiger charge is -2.44. The molecule has 0 aliphatic carbocycles. The number of anilines is 1. The molecule has 1 aromatic rings. The van der Waals surface area contributed by atoms with Gasteiger partial charge in [0.2, 0.25) is 6.29 Å². The first-order chi connectivity index (χ1) is 16.9. The van der Waals surface area contributed by atoms with Gasteiger partial charge in [0, 0.05) is 33.4 Å². The molecule has 0 radical (unpaired) electrons. The van der Waals surface area contributed by atoms with Gasteiger partial charge in [-0.1, -0.05) is 25.1 Å². The van der Waals surface area contributed by atoms with Crippen molar-refractivity contribution in [3.63, 3.8) is 0 Å². The number of para-hydroxylation sites is 1. The van der Waals surface area contributed by atoms with Crippen LogP contribution in [0.1, 0.15) is 45.7 Å². The molecule has 0 aromatic heterocycles. The van der Waals surface area contributed by atoms with Crippen molar-refractivity contribution in [3.8, 4) is 0 Å². The number of nitrogens with one attached hydrogen (secondary N) is 2. The predicted octanol–water partition coefficient (Wildman–Crippen LogP) is 1.76. The quantitative estimate of drug-likeness (QED) is 0.392. The molecule has 12 heteroatoms. The summed E-state index contributed by atoms with van der Waals surface area (Å²) in [5.74, 6) is -2.89. The van der Waals surface area contributed by atoms with Crippen molar-refractivity contribution in [1.82, 2.24) is 5.32 Å². The van der Waals surface area contributed by atoms with Crippen LogP contribution in [0.5, 0.6) is 0 Å². The molecule has 0 unspecified atom stereocenters. The summed E-state index contributed by atoms with van der Waals surface area (Å²) in [6, 6.07) is 3.57. The number of ether oxygens (including phenoxy) is 5. The van der Waals surface area contributed by atoms with Gasteiger partial charge in [0.05, 0.1) is 0 Å². The molecule has 0 spiro atoms. The third kappa shape index (κ3) is 7.94. The molecule has 2 N–H and O–H groups in total. The summed E-state index contributed by atoms with van der Waals surface area (Å²) in [7, 11) is 0. The summed E-state index contributed by atoms with van der Waals surface area (Å²) in [5.41, 5.74) is 2.29. The zero-order valence-corrected chi connectivity index (χ0v) is 21.1. The second-order valence-electron chi connectivity index (χ2n) is 8.19. The normalized spacial score (nSPS) is 23.1. The zero-order valence-electron chi connectivity index (χ0n) is 21.1. The highest BCUT2D eigenvalue weighted by molar-refractivity contribution is 5.91. The van der Waals surface area contributed by atoms with E-state index in [1.54, 1.807) is 0 Å². The number of esters is 4. The number of benzene rings is 1. The Labute approximate surface area is 208 Å². The van der Waals surface area contributed by atoms with Crippen molar-refractivity contribution in [2.75, 3.05) is 11.9 Å². The molecular weight excluding hydrogens is 476 g/mol. The van der Waals surface area contributed by atoms with Crippen molar-refractivity contribution in [1.29, 1.82) is 0 Å². The fourth-order valence-electron chi connectivity index (χ4n) is 3.82. The van der Waals surface area contributed by atoms with Crippen LogP contribution in [0.4, 0.5) is 10.5 Å². The van der Waals surface area contributed by atoms with Gasteiger partial charge < -0.3 is 34.3 Å². The lowest BCUT2D eigenvalue weighted by molar-refractivity contribution is -0.270. The lowest BCUT2D eigenvalue weighted by Crippen LogP contribution is -2.67. The minimum atomic E-state index is -1.47. The second kappa shape index (κ2) is 12.9. The van der Waals surface area contributed by atoms with E-state index in [2.05, 4.69) is 10.6 Å². The van der Waals surface area contributed by atoms with Gasteiger partial charge in [-0.2, -0.15) is 0 Å². The van der Waals surface area contributed by atoms with E-state index in [0.717, 1.165) is 31.9 Å². The maximum absolute atomic E-state index is 13.1. The van der Waals surface area contributed by atoms with Crippen molar-refractivity contribution >= 4 is 35.6 Å². The van der Waals surface area contributed by atoms with Crippen molar-refractivity contribution in [2.24, 2.45) is 0 Å². The lowest BCUT2D eigenvalue weighted by atomic mass is 9.96. The standard InChI is InChI=1S/C24H32N2O10/c1-7-17-10-8-9-12(2)19(17)25-24(31)26-20-22(34-15(5)29)21(33-14(4)28)18(11-32-13(3)27)36-23(20)35-16(6)30/h8-10,18,20-23H,7,11H2,1-6H3,(H2,25,26,31)/t18-,20-,21-,22-,23-/m1/s1. The van der Waals surface area contributed by atoms with Gasteiger partial charge in [-0.3, -0.25) is 19.2 Å². The van der Waals surface area contributed by atoms with Gasteiger partial charge in [-0.05, 0) is 24.5 Å². The van der Waals surface area contributed by atoms with E-state index in [4.69, 9.17) is 23.7 Å². The second-order valence-corrected chi connectivity index (χ2v) is 8.19. The number of carbonyl (C=O) groups excluding carboxylic acids is 5. The van der Waals surface area contributed by atoms with Crippen LogP contribution in [0, 0.1) is 6.92 Å². The summed E-state index contributed by atoms with van der Waals surface area (Å²) in [6.45, 7) is 7.92. The van der Waals surface area contributed by atoms with Crippen LogP contribution >= 0.6 is 0 Å². The van der Waals surface area contributed by atoms with Gasteiger partial charge in [0.15, 0.2) is 12.2 Å². The maximum atomic E-state index is 13.1. The fourth-order valence-corrected chi connectivity index (χ4v) is 3.82. The van der Waals surface area contributed by atoms with Crippen LogP contribution in [0.2, 0.25) is 0 Å². The molecule has 1 aromatic carbocycles. The summed E-state index contributed by atoms with van der Waals surface area (Å²) in [4.78, 5) is 60.1. The number of hydrogen-bond donors (Lipinski definition) is 2. The smallest absolute Gasteiger partial charge is 0.319 e. The maximum Gasteiger partial charge on any atom is 0.319 e. The number of aryl methyl sites for hydroxylation is 2. The highest BCUT2D eigenvalue weighted by Crippen LogP contribution is 2.28. The number of hydrogen-bond acceptors (Lipinski definition) is 10. The van der Waals surface area contributed by atoms with Gasteiger partial charge in [0.1, 0.15) is 18.8 Å². The van der Waals surface area contributed by atoms with Crippen LogP contribution in [0.25, 0.3) is 0 Å². The Morgan fingerprint density at radius 3 is 2.06 bits per heavy atom. The monoisotopic (exact) mass is 508 g/mol. The van der Waals surface area contributed by atoms with Gasteiger partial charge in [-0.25, -0.2) is 4.79 Å². The van der Waals surface area contributed by atoms with Crippen LogP contribution in [-0.2, 0) is 49.3 Å².